The Morgan fingerprint density at radius 3 is 2.89 bits per heavy atom. The lowest BCUT2D eigenvalue weighted by atomic mass is 9.89. The van der Waals surface area contributed by atoms with Crippen molar-refractivity contribution in [3.8, 4) is 6.07 Å². The number of halogens is 1. The molecule has 0 amide bonds. The number of ether oxygens (including phenoxy) is 1. The third-order valence-corrected chi connectivity index (χ3v) is 2.71. The quantitative estimate of drug-likeness (QED) is 0.481. The van der Waals surface area contributed by atoms with Crippen LogP contribution in [0.4, 0.5) is 10.1 Å². The summed E-state index contributed by atoms with van der Waals surface area (Å²) < 4.78 is 18.7. The van der Waals surface area contributed by atoms with Gasteiger partial charge in [0.15, 0.2) is 0 Å². The maximum absolute atomic E-state index is 13.7. The molecule has 0 saturated heterocycles. The van der Waals surface area contributed by atoms with E-state index in [1.54, 1.807) is 13.0 Å². The molecular weight excluding hydrogens is 253 g/mol. The molecule has 0 saturated carbocycles. The van der Waals surface area contributed by atoms with E-state index in [0.29, 0.717) is 0 Å². The van der Waals surface area contributed by atoms with Gasteiger partial charge in [-0.2, -0.15) is 5.26 Å². The fourth-order valence-corrected chi connectivity index (χ4v) is 1.60. The summed E-state index contributed by atoms with van der Waals surface area (Å²) in [6.45, 7) is 1.65. The van der Waals surface area contributed by atoms with Crippen molar-refractivity contribution in [3.05, 3.63) is 39.7 Å². The van der Waals surface area contributed by atoms with E-state index >= 15 is 0 Å². The third-order valence-electron chi connectivity index (χ3n) is 2.71. The SMILES string of the molecule is CC(N)(CCOCC#N)c1cc([N+](=O)[O-])ccc1F. The molecule has 0 aliphatic heterocycles. The Bertz CT molecular complexity index is 511. The zero-order valence-corrected chi connectivity index (χ0v) is 10.4. The largest absolute Gasteiger partial charge is 0.366 e. The molecule has 1 unspecified atom stereocenters. The molecule has 102 valence electrons. The van der Waals surface area contributed by atoms with Gasteiger partial charge in [0.2, 0.25) is 0 Å². The number of nitrogens with zero attached hydrogens (tertiary/aromatic N) is 2. The van der Waals surface area contributed by atoms with E-state index in [1.165, 1.54) is 0 Å². The molecule has 0 heterocycles. The van der Waals surface area contributed by atoms with E-state index in [-0.39, 0.29) is 30.9 Å². The summed E-state index contributed by atoms with van der Waals surface area (Å²) in [5, 5.41) is 19.0. The van der Waals surface area contributed by atoms with E-state index in [9.17, 15) is 14.5 Å². The first-order valence-corrected chi connectivity index (χ1v) is 5.56. The smallest absolute Gasteiger partial charge is 0.269 e. The number of hydrogen-bond donors (Lipinski definition) is 1. The molecule has 6 nitrogen and oxygen atoms in total. The minimum Gasteiger partial charge on any atom is -0.366 e. The predicted octanol–water partition coefficient (Wildman–Crippen LogP) is 1.84. The molecular formula is C12H14FN3O3. The number of rotatable bonds is 6. The fourth-order valence-electron chi connectivity index (χ4n) is 1.60. The molecule has 1 atom stereocenters. The van der Waals surface area contributed by atoms with Crippen LogP contribution in [-0.2, 0) is 10.3 Å². The van der Waals surface area contributed by atoms with Crippen molar-refractivity contribution in [2.45, 2.75) is 18.9 Å². The van der Waals surface area contributed by atoms with Crippen LogP contribution >= 0.6 is 0 Å². The van der Waals surface area contributed by atoms with E-state index < -0.39 is 16.3 Å². The normalized spacial score (nSPS) is 13.6. The minimum atomic E-state index is -1.11. The molecule has 1 rings (SSSR count). The number of non-ortho nitro benzene ring substituents is 1. The van der Waals surface area contributed by atoms with E-state index in [2.05, 4.69) is 0 Å². The topological polar surface area (TPSA) is 102 Å². The van der Waals surface area contributed by atoms with Gasteiger partial charge in [-0.05, 0) is 19.4 Å². The summed E-state index contributed by atoms with van der Waals surface area (Å²) in [5.41, 5.74) is 4.70. The van der Waals surface area contributed by atoms with Gasteiger partial charge in [0, 0.05) is 23.2 Å². The summed E-state index contributed by atoms with van der Waals surface area (Å²) in [6.07, 6.45) is 0.243. The molecule has 1 aromatic carbocycles. The molecule has 0 bridgehead atoms. The second kappa shape index (κ2) is 6.22. The molecule has 0 fully saturated rings. The van der Waals surface area contributed by atoms with Crippen molar-refractivity contribution in [2.75, 3.05) is 13.2 Å². The van der Waals surface area contributed by atoms with Crippen molar-refractivity contribution < 1.29 is 14.1 Å². The summed E-state index contributed by atoms with van der Waals surface area (Å²) in [4.78, 5) is 10.1. The van der Waals surface area contributed by atoms with Crippen LogP contribution in [0.25, 0.3) is 0 Å². The van der Waals surface area contributed by atoms with Gasteiger partial charge in [0.25, 0.3) is 5.69 Å². The van der Waals surface area contributed by atoms with Gasteiger partial charge in [-0.1, -0.05) is 0 Å². The van der Waals surface area contributed by atoms with Crippen LogP contribution in [0.2, 0.25) is 0 Å². The van der Waals surface area contributed by atoms with Crippen LogP contribution < -0.4 is 5.73 Å². The van der Waals surface area contributed by atoms with Gasteiger partial charge >= 0.3 is 0 Å². The average Bonchev–Trinajstić information content (AvgIpc) is 2.34. The highest BCUT2D eigenvalue weighted by molar-refractivity contribution is 5.38. The zero-order valence-electron chi connectivity index (χ0n) is 10.4. The fraction of sp³-hybridized carbons (Fsp3) is 0.417. The van der Waals surface area contributed by atoms with Gasteiger partial charge in [-0.15, -0.1) is 0 Å². The predicted molar refractivity (Wildman–Crippen MR) is 65.6 cm³/mol. The summed E-state index contributed by atoms with van der Waals surface area (Å²) in [6, 6.07) is 5.03. The van der Waals surface area contributed by atoms with Crippen molar-refractivity contribution >= 4 is 5.69 Å². The lowest BCUT2D eigenvalue weighted by Gasteiger charge is -2.25. The van der Waals surface area contributed by atoms with Crippen molar-refractivity contribution in [3.63, 3.8) is 0 Å². The zero-order chi connectivity index (χ0) is 14.5. The van der Waals surface area contributed by atoms with E-state index in [4.69, 9.17) is 15.7 Å². The van der Waals surface area contributed by atoms with Crippen LogP contribution in [0.15, 0.2) is 18.2 Å². The Labute approximate surface area is 109 Å². The monoisotopic (exact) mass is 267 g/mol. The number of nitriles is 1. The lowest BCUT2D eigenvalue weighted by molar-refractivity contribution is -0.385. The third kappa shape index (κ3) is 3.98. The summed E-state index contributed by atoms with van der Waals surface area (Å²) in [7, 11) is 0. The van der Waals surface area contributed by atoms with Gasteiger partial charge < -0.3 is 10.5 Å². The maximum atomic E-state index is 13.7. The van der Waals surface area contributed by atoms with Gasteiger partial charge in [-0.3, -0.25) is 10.1 Å². The molecule has 0 aliphatic carbocycles. The van der Waals surface area contributed by atoms with Crippen LogP contribution in [-0.4, -0.2) is 18.1 Å². The van der Waals surface area contributed by atoms with Gasteiger partial charge in [-0.25, -0.2) is 4.39 Å². The van der Waals surface area contributed by atoms with Crippen molar-refractivity contribution in [1.82, 2.24) is 0 Å². The molecule has 7 heteroatoms. The van der Waals surface area contributed by atoms with Crippen LogP contribution in [0.3, 0.4) is 0 Å². The number of hydrogen-bond acceptors (Lipinski definition) is 5. The van der Waals surface area contributed by atoms with E-state index in [0.717, 1.165) is 18.2 Å². The summed E-state index contributed by atoms with van der Waals surface area (Å²) in [5.74, 6) is -0.601. The Kier molecular flexibility index (Phi) is 4.92. The standard InChI is InChI=1S/C12H14FN3O3/c1-12(15,4-6-19-7-5-14)10-8-9(16(17)18)2-3-11(10)13/h2-3,8H,4,6-7,15H2,1H3. The first-order valence-electron chi connectivity index (χ1n) is 5.56. The molecule has 2 N–H and O–H groups in total. The second-order valence-electron chi connectivity index (χ2n) is 4.30. The molecule has 0 aliphatic rings. The lowest BCUT2D eigenvalue weighted by Crippen LogP contribution is -2.35. The molecule has 0 spiro atoms. The van der Waals surface area contributed by atoms with Gasteiger partial charge in [0.05, 0.1) is 17.6 Å². The first kappa shape index (κ1) is 15.0. The summed E-state index contributed by atoms with van der Waals surface area (Å²) >= 11 is 0. The highest BCUT2D eigenvalue weighted by Crippen LogP contribution is 2.27. The molecule has 1 aromatic rings. The molecule has 0 aromatic heterocycles. The molecule has 19 heavy (non-hydrogen) atoms. The Morgan fingerprint density at radius 2 is 2.32 bits per heavy atom. The van der Waals surface area contributed by atoms with Gasteiger partial charge in [0.1, 0.15) is 12.4 Å². The number of nitro groups is 1. The average molecular weight is 267 g/mol. The highest BCUT2D eigenvalue weighted by Gasteiger charge is 2.26. The Morgan fingerprint density at radius 1 is 1.63 bits per heavy atom. The Hall–Kier alpha value is -2.04. The first-order chi connectivity index (χ1) is 8.88. The van der Waals surface area contributed by atoms with Crippen LogP contribution in [0, 0.1) is 27.3 Å². The molecule has 0 radical (unpaired) electrons. The maximum Gasteiger partial charge on any atom is 0.269 e. The van der Waals surface area contributed by atoms with Crippen molar-refractivity contribution in [2.24, 2.45) is 5.73 Å². The number of nitro benzene ring substituents is 1. The van der Waals surface area contributed by atoms with E-state index in [1.807, 2.05) is 0 Å². The number of nitrogens with two attached hydrogens (primary N) is 1. The van der Waals surface area contributed by atoms with Crippen molar-refractivity contribution in [1.29, 1.82) is 5.26 Å². The minimum absolute atomic E-state index is 0.0576. The van der Waals surface area contributed by atoms with Crippen LogP contribution in [0.1, 0.15) is 18.9 Å². The number of benzene rings is 1. The van der Waals surface area contributed by atoms with Crippen LogP contribution in [0.5, 0.6) is 0 Å². The highest BCUT2D eigenvalue weighted by atomic mass is 19.1. The Balaban J connectivity index is 2.90. The second-order valence-corrected chi connectivity index (χ2v) is 4.30.